The maximum atomic E-state index is 9.54. The van der Waals surface area contributed by atoms with Gasteiger partial charge < -0.3 is 10.4 Å². The van der Waals surface area contributed by atoms with Crippen molar-refractivity contribution in [3.63, 3.8) is 0 Å². The Balaban J connectivity index is 1.65. The molecule has 1 saturated carbocycles. The summed E-state index contributed by atoms with van der Waals surface area (Å²) in [4.78, 5) is 1.39. The van der Waals surface area contributed by atoms with Gasteiger partial charge in [-0.1, -0.05) is 12.5 Å². The highest BCUT2D eigenvalue weighted by Gasteiger charge is 2.19. The van der Waals surface area contributed by atoms with Crippen LogP contribution in [0.3, 0.4) is 0 Å². The number of aliphatic hydroxyl groups excluding tert-OH is 1. The van der Waals surface area contributed by atoms with Crippen molar-refractivity contribution >= 4 is 11.3 Å². The van der Waals surface area contributed by atoms with Crippen LogP contribution in [0.1, 0.15) is 30.6 Å². The van der Waals surface area contributed by atoms with E-state index >= 15 is 0 Å². The largest absolute Gasteiger partial charge is 0.393 e. The summed E-state index contributed by atoms with van der Waals surface area (Å²) < 4.78 is 0. The smallest absolute Gasteiger partial charge is 0.0543 e. The van der Waals surface area contributed by atoms with Gasteiger partial charge in [-0.25, -0.2) is 0 Å². The van der Waals surface area contributed by atoms with Crippen LogP contribution in [0, 0.1) is 5.92 Å². The fourth-order valence-corrected chi connectivity index (χ4v) is 2.94. The van der Waals surface area contributed by atoms with Crippen molar-refractivity contribution in [1.29, 1.82) is 0 Å². The lowest BCUT2D eigenvalue weighted by Crippen LogP contribution is -2.28. The van der Waals surface area contributed by atoms with Crippen LogP contribution in [-0.4, -0.2) is 17.8 Å². The molecule has 0 aromatic carbocycles. The molecule has 0 aliphatic heterocycles. The second kappa shape index (κ2) is 5.64. The van der Waals surface area contributed by atoms with Gasteiger partial charge in [-0.2, -0.15) is 0 Å². The predicted octanol–water partition coefficient (Wildman–Crippen LogP) is 2.39. The predicted molar refractivity (Wildman–Crippen MR) is 64.0 cm³/mol. The molecule has 1 aromatic rings. The van der Waals surface area contributed by atoms with Crippen LogP contribution in [0.5, 0.6) is 0 Å². The van der Waals surface area contributed by atoms with Crippen LogP contribution in [0.4, 0.5) is 0 Å². The fraction of sp³-hybridized carbons (Fsp3) is 0.667. The van der Waals surface area contributed by atoms with Crippen LogP contribution >= 0.6 is 11.3 Å². The third-order valence-corrected chi connectivity index (χ3v) is 3.94. The van der Waals surface area contributed by atoms with Crippen molar-refractivity contribution in [2.45, 2.75) is 38.3 Å². The van der Waals surface area contributed by atoms with Gasteiger partial charge in [0, 0.05) is 11.4 Å². The van der Waals surface area contributed by atoms with E-state index in [1.165, 1.54) is 17.7 Å². The minimum Gasteiger partial charge on any atom is -0.393 e. The van der Waals surface area contributed by atoms with Crippen molar-refractivity contribution in [1.82, 2.24) is 5.32 Å². The van der Waals surface area contributed by atoms with Crippen LogP contribution < -0.4 is 5.32 Å². The number of aliphatic hydroxyl groups is 1. The first-order valence-corrected chi connectivity index (χ1v) is 6.63. The minimum absolute atomic E-state index is 0.0488. The SMILES string of the molecule is OC1CCCC(CNCc2cccs2)C1. The topological polar surface area (TPSA) is 32.3 Å². The molecule has 84 valence electrons. The first kappa shape index (κ1) is 11.1. The maximum absolute atomic E-state index is 9.54. The first-order valence-electron chi connectivity index (χ1n) is 5.76. The Morgan fingerprint density at radius 1 is 1.47 bits per heavy atom. The van der Waals surface area contributed by atoms with Crippen LogP contribution in [0.15, 0.2) is 17.5 Å². The molecule has 2 unspecified atom stereocenters. The highest BCUT2D eigenvalue weighted by molar-refractivity contribution is 7.09. The Morgan fingerprint density at radius 3 is 3.13 bits per heavy atom. The van der Waals surface area contributed by atoms with E-state index in [0.29, 0.717) is 5.92 Å². The standard InChI is InChI=1S/C12H19NOS/c14-11-4-1-3-10(7-11)8-13-9-12-5-2-6-15-12/h2,5-6,10-11,13-14H,1,3-4,7-9H2. The molecule has 0 radical (unpaired) electrons. The molecule has 1 heterocycles. The summed E-state index contributed by atoms with van der Waals surface area (Å²) in [7, 11) is 0. The summed E-state index contributed by atoms with van der Waals surface area (Å²) >= 11 is 1.80. The monoisotopic (exact) mass is 225 g/mol. The summed E-state index contributed by atoms with van der Waals surface area (Å²) in [6.07, 6.45) is 4.40. The zero-order valence-electron chi connectivity index (χ0n) is 8.98. The Bertz CT molecular complexity index is 273. The molecule has 1 aliphatic rings. The van der Waals surface area contributed by atoms with E-state index in [0.717, 1.165) is 25.9 Å². The van der Waals surface area contributed by atoms with E-state index < -0.39 is 0 Å². The summed E-state index contributed by atoms with van der Waals surface area (Å²) in [6.45, 7) is 2.03. The van der Waals surface area contributed by atoms with E-state index in [1.807, 2.05) is 0 Å². The molecule has 1 aromatic heterocycles. The molecular weight excluding hydrogens is 206 g/mol. The lowest BCUT2D eigenvalue weighted by atomic mass is 9.87. The minimum atomic E-state index is -0.0488. The molecule has 2 N–H and O–H groups in total. The van der Waals surface area contributed by atoms with Gasteiger partial charge >= 0.3 is 0 Å². The van der Waals surface area contributed by atoms with Gasteiger partial charge in [-0.05, 0) is 43.2 Å². The number of nitrogens with one attached hydrogen (secondary N) is 1. The first-order chi connectivity index (χ1) is 7.34. The quantitative estimate of drug-likeness (QED) is 0.824. The van der Waals surface area contributed by atoms with Gasteiger partial charge in [0.05, 0.1) is 6.10 Å². The van der Waals surface area contributed by atoms with Crippen LogP contribution in [0.2, 0.25) is 0 Å². The molecule has 2 nitrogen and oxygen atoms in total. The second-order valence-electron chi connectivity index (χ2n) is 4.40. The lowest BCUT2D eigenvalue weighted by molar-refractivity contribution is 0.101. The number of hydrogen-bond donors (Lipinski definition) is 2. The number of hydrogen-bond acceptors (Lipinski definition) is 3. The molecule has 2 atom stereocenters. The second-order valence-corrected chi connectivity index (χ2v) is 5.43. The highest BCUT2D eigenvalue weighted by Crippen LogP contribution is 2.23. The third kappa shape index (κ3) is 3.59. The van der Waals surface area contributed by atoms with E-state index in [9.17, 15) is 5.11 Å². The lowest BCUT2D eigenvalue weighted by Gasteiger charge is -2.25. The molecule has 0 amide bonds. The molecule has 1 fully saturated rings. The third-order valence-electron chi connectivity index (χ3n) is 3.07. The summed E-state index contributed by atoms with van der Waals surface area (Å²) in [5, 5.41) is 15.1. The molecule has 3 heteroatoms. The van der Waals surface area contributed by atoms with Crippen LogP contribution in [0.25, 0.3) is 0 Å². The van der Waals surface area contributed by atoms with Gasteiger partial charge in [0.15, 0.2) is 0 Å². The van der Waals surface area contributed by atoms with Gasteiger partial charge in [0.1, 0.15) is 0 Å². The number of rotatable bonds is 4. The van der Waals surface area contributed by atoms with Crippen molar-refractivity contribution in [3.05, 3.63) is 22.4 Å². The van der Waals surface area contributed by atoms with Gasteiger partial charge in [-0.15, -0.1) is 11.3 Å². The summed E-state index contributed by atoms with van der Waals surface area (Å²) in [5.74, 6) is 0.675. The van der Waals surface area contributed by atoms with Crippen molar-refractivity contribution in [2.75, 3.05) is 6.54 Å². The molecule has 0 bridgehead atoms. The maximum Gasteiger partial charge on any atom is 0.0543 e. The zero-order chi connectivity index (χ0) is 10.5. The zero-order valence-corrected chi connectivity index (χ0v) is 9.80. The molecule has 15 heavy (non-hydrogen) atoms. The molecule has 0 spiro atoms. The molecule has 2 rings (SSSR count). The van der Waals surface area contributed by atoms with Gasteiger partial charge in [-0.3, -0.25) is 0 Å². The van der Waals surface area contributed by atoms with E-state index in [1.54, 1.807) is 11.3 Å². The molecule has 0 saturated heterocycles. The Morgan fingerprint density at radius 2 is 2.40 bits per heavy atom. The van der Waals surface area contributed by atoms with Crippen LogP contribution in [-0.2, 0) is 6.54 Å². The molecule has 1 aliphatic carbocycles. The Kier molecular flexibility index (Phi) is 4.18. The number of thiophene rings is 1. The van der Waals surface area contributed by atoms with Crippen molar-refractivity contribution < 1.29 is 5.11 Å². The summed E-state index contributed by atoms with van der Waals surface area (Å²) in [5.41, 5.74) is 0. The summed E-state index contributed by atoms with van der Waals surface area (Å²) in [6, 6.07) is 4.25. The average Bonchev–Trinajstić information content (AvgIpc) is 2.71. The molecular formula is C12H19NOS. The van der Waals surface area contributed by atoms with Crippen molar-refractivity contribution in [2.24, 2.45) is 5.92 Å². The normalized spacial score (nSPS) is 26.7. The van der Waals surface area contributed by atoms with E-state index in [4.69, 9.17) is 0 Å². The van der Waals surface area contributed by atoms with E-state index in [-0.39, 0.29) is 6.10 Å². The fourth-order valence-electron chi connectivity index (χ4n) is 2.26. The van der Waals surface area contributed by atoms with Gasteiger partial charge in [0.25, 0.3) is 0 Å². The Hall–Kier alpha value is -0.380. The van der Waals surface area contributed by atoms with Gasteiger partial charge in [0.2, 0.25) is 0 Å². The highest BCUT2D eigenvalue weighted by atomic mass is 32.1. The average molecular weight is 225 g/mol. The van der Waals surface area contributed by atoms with E-state index in [2.05, 4.69) is 22.8 Å². The Labute approximate surface area is 95.3 Å². The van der Waals surface area contributed by atoms with Crippen molar-refractivity contribution in [3.8, 4) is 0 Å².